The van der Waals surface area contributed by atoms with E-state index in [1.54, 1.807) is 48.5 Å². The van der Waals surface area contributed by atoms with E-state index in [4.69, 9.17) is 18.9 Å². The van der Waals surface area contributed by atoms with Gasteiger partial charge in [-0.25, -0.2) is 23.6 Å². The Bertz CT molecular complexity index is 2660. The maximum absolute atomic E-state index is 15.7. The molecule has 2 saturated heterocycles. The van der Waals surface area contributed by atoms with Gasteiger partial charge in [0.05, 0.1) is 42.0 Å². The lowest BCUT2D eigenvalue weighted by Crippen LogP contribution is -2.61. The van der Waals surface area contributed by atoms with Crippen molar-refractivity contribution in [3.05, 3.63) is 107 Å². The zero-order chi connectivity index (χ0) is 49.6. The molecule has 2 fully saturated rings. The molecule has 0 saturated carbocycles. The van der Waals surface area contributed by atoms with Crippen LogP contribution in [-0.2, 0) is 41.4 Å². The van der Waals surface area contributed by atoms with Crippen LogP contribution in [0.5, 0.6) is 11.5 Å². The monoisotopic (exact) mass is 953 g/mol. The number of halogens is 1. The van der Waals surface area contributed by atoms with Gasteiger partial charge in [-0.2, -0.15) is 25.4 Å². The van der Waals surface area contributed by atoms with Gasteiger partial charge in [0.2, 0.25) is 0 Å². The van der Waals surface area contributed by atoms with Crippen LogP contribution in [0.3, 0.4) is 0 Å². The van der Waals surface area contributed by atoms with E-state index in [-0.39, 0.29) is 54.8 Å². The number of nitrogens with one attached hydrogen (secondary N) is 1. The van der Waals surface area contributed by atoms with Crippen LogP contribution < -0.4 is 5.32 Å². The van der Waals surface area contributed by atoms with Crippen molar-refractivity contribution in [2.75, 3.05) is 13.2 Å². The summed E-state index contributed by atoms with van der Waals surface area (Å²) in [4.78, 5) is 80.6. The van der Waals surface area contributed by atoms with Crippen LogP contribution in [0.4, 0.5) is 36.7 Å². The number of carboxylic acid groups (broad SMARTS) is 2. The zero-order valence-electron chi connectivity index (χ0n) is 37.3. The quantitative estimate of drug-likeness (QED) is 0.0255. The highest BCUT2D eigenvalue weighted by Gasteiger charge is 2.53. The number of esters is 2. The molecule has 3 amide bonds. The van der Waals surface area contributed by atoms with Crippen LogP contribution in [0.15, 0.2) is 110 Å². The van der Waals surface area contributed by atoms with E-state index in [1.807, 2.05) is 6.92 Å². The molecule has 2 aliphatic heterocycles. The summed E-state index contributed by atoms with van der Waals surface area (Å²) >= 11 is 0. The molecule has 0 aromatic heterocycles. The van der Waals surface area contributed by atoms with Crippen molar-refractivity contribution in [1.82, 2.24) is 10.2 Å². The Hall–Kier alpha value is -8.14. The molecule has 4 aromatic rings. The third kappa shape index (κ3) is 13.5. The summed E-state index contributed by atoms with van der Waals surface area (Å²) < 4.78 is 38.6. The molecule has 2 heterocycles. The number of urea groups is 1. The van der Waals surface area contributed by atoms with Crippen molar-refractivity contribution in [2.24, 2.45) is 25.4 Å². The number of benzene rings is 4. The van der Waals surface area contributed by atoms with Crippen LogP contribution in [-0.4, -0.2) is 111 Å². The van der Waals surface area contributed by atoms with Gasteiger partial charge in [0, 0.05) is 12.8 Å². The maximum Gasteiger partial charge on any atom is 0.435 e. The Morgan fingerprint density at radius 2 is 1.28 bits per heavy atom. The predicted molar refractivity (Wildman–Crippen MR) is 241 cm³/mol. The fourth-order valence-corrected chi connectivity index (χ4v) is 7.18. The summed E-state index contributed by atoms with van der Waals surface area (Å²) in [6.07, 6.45) is -6.60. The van der Waals surface area contributed by atoms with Crippen LogP contribution in [0.2, 0.25) is 0 Å². The fourth-order valence-electron chi connectivity index (χ4n) is 7.18. The van der Waals surface area contributed by atoms with E-state index in [9.17, 15) is 49.2 Å². The molecule has 2 aliphatic rings. The molecule has 5 atom stereocenters. The van der Waals surface area contributed by atoms with Gasteiger partial charge in [-0.05, 0) is 85.8 Å². The summed E-state index contributed by atoms with van der Waals surface area (Å²) in [5.41, 5.74) is 1.31. The van der Waals surface area contributed by atoms with Gasteiger partial charge >= 0.3 is 36.0 Å². The van der Waals surface area contributed by atoms with Gasteiger partial charge in [0.25, 0.3) is 0 Å². The highest BCUT2D eigenvalue weighted by molar-refractivity contribution is 6.06. The molecule has 0 radical (unpaired) electrons. The predicted octanol–water partition coefficient (Wildman–Crippen LogP) is 8.55. The summed E-state index contributed by atoms with van der Waals surface area (Å²) in [5, 5.41) is 57.3. The highest BCUT2D eigenvalue weighted by atomic mass is 19.1. The number of hydrogen-bond donors (Lipinski definition) is 5. The number of ether oxygens (including phenoxy) is 4. The average molecular weight is 954 g/mol. The number of unbranched alkanes of at least 4 members (excludes halogenated alkanes) is 2. The Morgan fingerprint density at radius 1 is 0.754 bits per heavy atom. The number of hydrogen-bond acceptors (Lipinski definition) is 16. The SMILES string of the molecule is CCCCCOC(=O)N=C1NC(=O)N(C2OC(C)C(OC(=O)CCc3ccccc3N=Nc3ccc(O)c(C(=O)O)c3)C2OC(=O)CCc2ccccc2N=Nc2ccc(O)c(C(=O)O)c2)CC1F. The first-order valence-electron chi connectivity index (χ1n) is 21.7. The first-order chi connectivity index (χ1) is 33.1. The van der Waals surface area contributed by atoms with Gasteiger partial charge in [0.15, 0.2) is 30.4 Å². The minimum atomic E-state index is -2.03. The molecule has 5 N–H and O–H groups in total. The first-order valence-corrected chi connectivity index (χ1v) is 21.7. The molecular weight excluding hydrogens is 906 g/mol. The standard InChI is InChI=1S/C47H48FN7O14/c1-3-4-9-22-66-47(65)50-42-33(48)25-55(46(64)49-42)43-41(69-39(59)21-15-28-11-6-8-13-35(28)54-52-30-17-19-37(57)32(24-30)45(62)63)40(26(2)67-43)68-38(58)20-14-27-10-5-7-12-34(27)53-51-29-16-18-36(56)31(23-29)44(60)61/h5-8,10-13,16-19,23-24,26,33,40-41,43,56-57H,3-4,9,14-15,20-22,25H2,1-2H3,(H,60,61)(H,62,63)(H,49,50,64,65). The number of carboxylic acids is 2. The molecular formula is C47H48FN7O14. The molecule has 22 heteroatoms. The molecule has 5 unspecified atom stereocenters. The second-order valence-corrected chi connectivity index (χ2v) is 15.7. The molecule has 362 valence electrons. The second kappa shape index (κ2) is 23.5. The van der Waals surface area contributed by atoms with Gasteiger partial charge in [0.1, 0.15) is 22.6 Å². The number of carbonyl (C=O) groups is 6. The molecule has 4 aromatic carbocycles. The minimum absolute atomic E-state index is 0.0393. The lowest BCUT2D eigenvalue weighted by Gasteiger charge is -2.36. The topological polar surface area (TPSA) is 297 Å². The van der Waals surface area contributed by atoms with Gasteiger partial charge in [-0.3, -0.25) is 19.8 Å². The summed E-state index contributed by atoms with van der Waals surface area (Å²) in [6, 6.07) is 19.8. The van der Waals surface area contributed by atoms with E-state index < -0.39 is 90.6 Å². The van der Waals surface area contributed by atoms with E-state index in [2.05, 4.69) is 30.8 Å². The number of carbonyl (C=O) groups excluding carboxylic acids is 4. The van der Waals surface area contributed by atoms with Crippen molar-refractivity contribution < 1.29 is 72.5 Å². The number of aryl methyl sites for hydroxylation is 2. The third-order valence-corrected chi connectivity index (χ3v) is 10.7. The number of amidine groups is 1. The number of alkyl halides is 1. The van der Waals surface area contributed by atoms with E-state index >= 15 is 4.39 Å². The lowest BCUT2D eigenvalue weighted by molar-refractivity contribution is -0.169. The summed E-state index contributed by atoms with van der Waals surface area (Å²) in [5.74, 6) is -5.80. The van der Waals surface area contributed by atoms with Crippen molar-refractivity contribution in [3.8, 4) is 11.5 Å². The van der Waals surface area contributed by atoms with Crippen molar-refractivity contribution in [1.29, 1.82) is 0 Å². The largest absolute Gasteiger partial charge is 0.507 e. The highest BCUT2D eigenvalue weighted by Crippen LogP contribution is 2.33. The smallest absolute Gasteiger partial charge is 0.435 e. The molecule has 0 bridgehead atoms. The molecule has 69 heavy (non-hydrogen) atoms. The number of aromatic carboxylic acids is 2. The number of rotatable bonds is 19. The van der Waals surface area contributed by atoms with Crippen molar-refractivity contribution in [2.45, 2.75) is 89.5 Å². The molecule has 21 nitrogen and oxygen atoms in total. The van der Waals surface area contributed by atoms with Gasteiger partial charge in [-0.15, -0.1) is 0 Å². The Morgan fingerprint density at radius 3 is 1.80 bits per heavy atom. The van der Waals surface area contributed by atoms with Crippen LogP contribution in [0.25, 0.3) is 0 Å². The minimum Gasteiger partial charge on any atom is -0.507 e. The molecule has 0 aliphatic carbocycles. The van der Waals surface area contributed by atoms with Crippen LogP contribution >= 0.6 is 0 Å². The van der Waals surface area contributed by atoms with Crippen LogP contribution in [0, 0.1) is 0 Å². The number of phenols is 2. The number of nitrogens with zero attached hydrogens (tertiary/aromatic N) is 6. The van der Waals surface area contributed by atoms with E-state index in [0.717, 1.165) is 29.9 Å². The van der Waals surface area contributed by atoms with E-state index in [0.29, 0.717) is 28.9 Å². The number of aromatic hydroxyl groups is 2. The summed E-state index contributed by atoms with van der Waals surface area (Å²) in [6.45, 7) is 2.84. The van der Waals surface area contributed by atoms with Crippen LogP contribution in [0.1, 0.15) is 77.8 Å². The third-order valence-electron chi connectivity index (χ3n) is 10.7. The normalized spacial score (nSPS) is 19.7. The molecule has 6 rings (SSSR count). The number of amides is 3. The van der Waals surface area contributed by atoms with Gasteiger partial charge in [-0.1, -0.05) is 56.2 Å². The Balaban J connectivity index is 1.17. The average Bonchev–Trinajstić information content (AvgIpc) is 3.62. The van der Waals surface area contributed by atoms with Crippen molar-refractivity contribution >= 4 is 64.6 Å². The van der Waals surface area contributed by atoms with E-state index in [1.165, 1.54) is 31.2 Å². The fraction of sp³-hybridized carbons (Fsp3) is 0.340. The molecule has 0 spiro atoms. The summed E-state index contributed by atoms with van der Waals surface area (Å²) in [7, 11) is 0. The lowest BCUT2D eigenvalue weighted by atomic mass is 10.1. The first kappa shape index (κ1) is 50.3. The maximum atomic E-state index is 15.7. The van der Waals surface area contributed by atoms with Gasteiger partial charge < -0.3 is 39.4 Å². The second-order valence-electron chi connectivity index (χ2n) is 15.7. The number of aliphatic imine (C=N–C) groups is 1. The zero-order valence-corrected chi connectivity index (χ0v) is 37.3. The van der Waals surface area contributed by atoms with Crippen molar-refractivity contribution in [3.63, 3.8) is 0 Å². The Labute approximate surface area is 393 Å². The number of azo groups is 2. The Kier molecular flexibility index (Phi) is 17.2.